The maximum atomic E-state index is 13.0. The van der Waals surface area contributed by atoms with Crippen LogP contribution in [0.4, 0.5) is 11.8 Å². The number of amides is 1. The van der Waals surface area contributed by atoms with Gasteiger partial charge in [-0.25, -0.2) is 19.7 Å². The van der Waals surface area contributed by atoms with Gasteiger partial charge < -0.3 is 15.3 Å². The third-order valence-corrected chi connectivity index (χ3v) is 7.08. The molecule has 1 fully saturated rings. The van der Waals surface area contributed by atoms with Crippen LogP contribution in [0.1, 0.15) is 66.6 Å². The lowest BCUT2D eigenvalue weighted by Crippen LogP contribution is -2.34. The van der Waals surface area contributed by atoms with Gasteiger partial charge in [0.05, 0.1) is 5.56 Å². The highest BCUT2D eigenvalue weighted by Gasteiger charge is 2.38. The van der Waals surface area contributed by atoms with E-state index in [2.05, 4.69) is 22.2 Å². The SMILES string of the molecule is CC1c2cnc(Nc3ccc(C(=O)O)cn3)nc2CC(C2CCCC2)CC1C(=O)N(C)C. The third-order valence-electron chi connectivity index (χ3n) is 7.08. The van der Waals surface area contributed by atoms with Crippen molar-refractivity contribution < 1.29 is 14.7 Å². The van der Waals surface area contributed by atoms with E-state index in [4.69, 9.17) is 10.1 Å². The highest BCUT2D eigenvalue weighted by molar-refractivity contribution is 5.87. The molecule has 170 valence electrons. The minimum atomic E-state index is -1.01. The molecule has 2 N–H and O–H groups in total. The normalized spacial score (nSPS) is 23.3. The quantitative estimate of drug-likeness (QED) is 0.684. The van der Waals surface area contributed by atoms with Crippen molar-refractivity contribution >= 4 is 23.6 Å². The Kier molecular flexibility index (Phi) is 6.39. The molecule has 8 nitrogen and oxygen atoms in total. The Morgan fingerprint density at radius 3 is 2.47 bits per heavy atom. The zero-order valence-electron chi connectivity index (χ0n) is 18.9. The lowest BCUT2D eigenvalue weighted by Gasteiger charge is -2.28. The number of carbonyl (C=O) groups is 2. The Hall–Kier alpha value is -3.03. The van der Waals surface area contributed by atoms with Gasteiger partial charge in [0.15, 0.2) is 0 Å². The summed E-state index contributed by atoms with van der Waals surface area (Å²) in [6, 6.07) is 3.10. The molecule has 2 aliphatic carbocycles. The summed E-state index contributed by atoms with van der Waals surface area (Å²) >= 11 is 0. The van der Waals surface area contributed by atoms with Crippen LogP contribution < -0.4 is 5.32 Å². The number of carboxylic acids is 1. The topological polar surface area (TPSA) is 108 Å². The molecule has 0 saturated heterocycles. The van der Waals surface area contributed by atoms with Gasteiger partial charge in [-0.2, -0.15) is 0 Å². The van der Waals surface area contributed by atoms with Crippen LogP contribution in [0.25, 0.3) is 0 Å². The molecular formula is C24H31N5O3. The summed E-state index contributed by atoms with van der Waals surface area (Å²) in [4.78, 5) is 39.3. The molecule has 2 aromatic heterocycles. The zero-order valence-corrected chi connectivity index (χ0v) is 18.9. The second kappa shape index (κ2) is 9.22. The fraction of sp³-hybridized carbons (Fsp3) is 0.542. The van der Waals surface area contributed by atoms with E-state index in [-0.39, 0.29) is 23.3 Å². The van der Waals surface area contributed by atoms with Gasteiger partial charge >= 0.3 is 5.97 Å². The minimum absolute atomic E-state index is 0.0494. The van der Waals surface area contributed by atoms with E-state index in [0.717, 1.165) is 24.1 Å². The average Bonchev–Trinajstić information content (AvgIpc) is 3.26. The fourth-order valence-electron chi connectivity index (χ4n) is 5.25. The molecule has 1 saturated carbocycles. The number of rotatable bonds is 5. The van der Waals surface area contributed by atoms with Gasteiger partial charge in [0, 0.05) is 38.1 Å². The van der Waals surface area contributed by atoms with Gasteiger partial charge in [-0.15, -0.1) is 0 Å². The van der Waals surface area contributed by atoms with Gasteiger partial charge in [0.1, 0.15) is 5.82 Å². The lowest BCUT2D eigenvalue weighted by molar-refractivity contribution is -0.134. The molecule has 0 bridgehead atoms. The Morgan fingerprint density at radius 1 is 1.09 bits per heavy atom. The van der Waals surface area contributed by atoms with E-state index in [0.29, 0.717) is 23.6 Å². The first kappa shape index (κ1) is 22.2. The summed E-state index contributed by atoms with van der Waals surface area (Å²) in [5.74, 6) is 1.15. The van der Waals surface area contributed by atoms with Crippen molar-refractivity contribution in [3.8, 4) is 0 Å². The van der Waals surface area contributed by atoms with Gasteiger partial charge in [0.25, 0.3) is 0 Å². The monoisotopic (exact) mass is 437 g/mol. The number of carbonyl (C=O) groups excluding carboxylic acids is 1. The first-order chi connectivity index (χ1) is 15.3. The molecule has 1 amide bonds. The van der Waals surface area contributed by atoms with Gasteiger partial charge in [-0.1, -0.05) is 32.6 Å². The van der Waals surface area contributed by atoms with Gasteiger partial charge in [-0.3, -0.25) is 4.79 Å². The molecule has 2 heterocycles. The van der Waals surface area contributed by atoms with Crippen LogP contribution in [-0.4, -0.2) is 50.9 Å². The molecule has 3 unspecified atom stereocenters. The summed E-state index contributed by atoms with van der Waals surface area (Å²) in [6.07, 6.45) is 9.89. The molecule has 0 aromatic carbocycles. The van der Waals surface area contributed by atoms with Crippen molar-refractivity contribution in [2.75, 3.05) is 19.4 Å². The number of pyridine rings is 1. The molecule has 8 heteroatoms. The van der Waals surface area contributed by atoms with Crippen LogP contribution in [0.2, 0.25) is 0 Å². The maximum Gasteiger partial charge on any atom is 0.337 e. The summed E-state index contributed by atoms with van der Waals surface area (Å²) in [7, 11) is 3.66. The van der Waals surface area contributed by atoms with Crippen LogP contribution in [0.5, 0.6) is 0 Å². The second-order valence-electron chi connectivity index (χ2n) is 9.33. The van der Waals surface area contributed by atoms with Gasteiger partial charge in [-0.05, 0) is 48.3 Å². The van der Waals surface area contributed by atoms with Gasteiger partial charge in [0.2, 0.25) is 11.9 Å². The smallest absolute Gasteiger partial charge is 0.337 e. The van der Waals surface area contributed by atoms with Crippen LogP contribution in [0.3, 0.4) is 0 Å². The lowest BCUT2D eigenvalue weighted by atomic mass is 9.79. The first-order valence-corrected chi connectivity index (χ1v) is 11.4. The number of aromatic nitrogens is 3. The van der Waals surface area contributed by atoms with Crippen molar-refractivity contribution in [3.63, 3.8) is 0 Å². The highest BCUT2D eigenvalue weighted by Crippen LogP contribution is 2.43. The van der Waals surface area contributed by atoms with Crippen molar-refractivity contribution in [2.45, 2.75) is 51.4 Å². The number of hydrogen-bond acceptors (Lipinski definition) is 6. The highest BCUT2D eigenvalue weighted by atomic mass is 16.4. The Balaban J connectivity index is 1.63. The van der Waals surface area contributed by atoms with Crippen molar-refractivity contribution in [3.05, 3.63) is 41.3 Å². The van der Waals surface area contributed by atoms with Crippen LogP contribution in [0, 0.1) is 17.8 Å². The standard InChI is InChI=1S/C24H31N5O3/c1-14-18(22(30)29(2)3)10-17(15-6-4-5-7-15)11-20-19(14)13-26-24(27-20)28-21-9-8-16(12-25-21)23(31)32/h8-9,12-15,17-18H,4-7,10-11H2,1-3H3,(H,31,32)(H,25,26,27,28). The summed E-state index contributed by atoms with van der Waals surface area (Å²) in [6.45, 7) is 2.12. The zero-order chi connectivity index (χ0) is 22.8. The number of fused-ring (bicyclic) bond motifs is 1. The van der Waals surface area contributed by atoms with Crippen molar-refractivity contribution in [1.82, 2.24) is 19.9 Å². The third kappa shape index (κ3) is 4.59. The number of carboxylic acid groups (broad SMARTS) is 1. The Morgan fingerprint density at radius 2 is 1.84 bits per heavy atom. The van der Waals surface area contributed by atoms with Crippen LogP contribution in [-0.2, 0) is 11.2 Å². The fourth-order valence-corrected chi connectivity index (χ4v) is 5.25. The first-order valence-electron chi connectivity index (χ1n) is 11.4. The molecule has 3 atom stereocenters. The number of nitrogens with one attached hydrogen (secondary N) is 1. The molecule has 0 aliphatic heterocycles. The second-order valence-corrected chi connectivity index (χ2v) is 9.33. The molecule has 32 heavy (non-hydrogen) atoms. The summed E-state index contributed by atoms with van der Waals surface area (Å²) in [5, 5.41) is 12.1. The predicted molar refractivity (Wildman–Crippen MR) is 121 cm³/mol. The van der Waals surface area contributed by atoms with Crippen LogP contribution >= 0.6 is 0 Å². The van der Waals surface area contributed by atoms with Crippen LogP contribution in [0.15, 0.2) is 24.5 Å². The minimum Gasteiger partial charge on any atom is -0.478 e. The molecule has 4 rings (SSSR count). The van der Waals surface area contributed by atoms with Crippen molar-refractivity contribution in [1.29, 1.82) is 0 Å². The van der Waals surface area contributed by atoms with Crippen molar-refractivity contribution in [2.24, 2.45) is 17.8 Å². The average molecular weight is 438 g/mol. The van der Waals surface area contributed by atoms with E-state index in [1.165, 1.54) is 37.9 Å². The van der Waals surface area contributed by atoms with E-state index >= 15 is 0 Å². The van der Waals surface area contributed by atoms with E-state index in [1.54, 1.807) is 11.0 Å². The summed E-state index contributed by atoms with van der Waals surface area (Å²) < 4.78 is 0. The predicted octanol–water partition coefficient (Wildman–Crippen LogP) is 3.87. The molecule has 2 aromatic rings. The van der Waals surface area contributed by atoms with E-state index < -0.39 is 5.97 Å². The Bertz CT molecular complexity index is 986. The number of nitrogens with zero attached hydrogens (tertiary/aromatic N) is 4. The van der Waals surface area contributed by atoms with E-state index in [1.807, 2.05) is 20.3 Å². The molecule has 2 aliphatic rings. The van der Waals surface area contributed by atoms with E-state index in [9.17, 15) is 9.59 Å². The number of anilines is 2. The number of hydrogen-bond donors (Lipinski definition) is 2. The number of aromatic carboxylic acids is 1. The molecular weight excluding hydrogens is 406 g/mol. The summed E-state index contributed by atoms with van der Waals surface area (Å²) in [5.41, 5.74) is 2.18. The maximum absolute atomic E-state index is 13.0. The molecule has 0 radical (unpaired) electrons. The Labute approximate surface area is 188 Å². The molecule has 0 spiro atoms. The largest absolute Gasteiger partial charge is 0.478 e.